The zero-order valence-corrected chi connectivity index (χ0v) is 80.1. The van der Waals surface area contributed by atoms with E-state index in [-0.39, 0.29) is 32.5 Å². The molecule has 0 N–H and O–H groups in total. The van der Waals surface area contributed by atoms with Crippen LogP contribution in [-0.2, 0) is 32.5 Å². The molecule has 18 aromatic carbocycles. The molecule has 0 bridgehead atoms. The highest BCUT2D eigenvalue weighted by atomic mass is 14.5. The van der Waals surface area contributed by atoms with E-state index in [1.807, 2.05) is 0 Å². The molecule has 0 heterocycles. The molecular formula is C132H120. The first-order valence-electron chi connectivity index (χ1n) is 47.4. The Bertz CT molecular complexity index is 7410. The largest absolute Gasteiger partial charge is 0.0622 e. The average Bonchev–Trinajstić information content (AvgIpc) is 1.57. The second-order valence-corrected chi connectivity index (χ2v) is 40.5. The molecule has 0 aliphatic heterocycles. The van der Waals surface area contributed by atoms with E-state index in [1.54, 1.807) is 0 Å². The summed E-state index contributed by atoms with van der Waals surface area (Å²) in [6.07, 6.45) is 0. The average molecular weight is 1710 g/mol. The zero-order chi connectivity index (χ0) is 91.9. The molecule has 6 aliphatic rings. The van der Waals surface area contributed by atoms with Crippen molar-refractivity contribution in [2.75, 3.05) is 0 Å². The molecule has 6 aliphatic carbocycles. The predicted molar refractivity (Wildman–Crippen MR) is 565 cm³/mol. The first kappa shape index (κ1) is 87.3. The van der Waals surface area contributed by atoms with Crippen molar-refractivity contribution in [2.45, 2.75) is 157 Å². The van der Waals surface area contributed by atoms with Gasteiger partial charge in [-0.2, -0.15) is 0 Å². The maximum absolute atomic E-state index is 2.38. The van der Waals surface area contributed by atoms with Gasteiger partial charge in [0.05, 0.1) is 0 Å². The Morgan fingerprint density at radius 3 is 0.985 bits per heavy atom. The number of aryl methyl sites for hydroxylation is 6. The van der Waals surface area contributed by atoms with Crippen molar-refractivity contribution >= 4 is 0 Å². The van der Waals surface area contributed by atoms with Crippen LogP contribution in [0.2, 0.25) is 0 Å². The van der Waals surface area contributed by atoms with Crippen molar-refractivity contribution in [3.05, 3.63) is 501 Å². The van der Waals surface area contributed by atoms with Crippen LogP contribution in [0.25, 0.3) is 134 Å². The van der Waals surface area contributed by atoms with Crippen LogP contribution >= 0.6 is 0 Å². The highest BCUT2D eigenvalue weighted by Gasteiger charge is 2.43. The van der Waals surface area contributed by atoms with Gasteiger partial charge < -0.3 is 0 Å². The van der Waals surface area contributed by atoms with Crippen LogP contribution in [0.15, 0.2) is 400 Å². The van der Waals surface area contributed by atoms with Crippen molar-refractivity contribution < 1.29 is 0 Å². The highest BCUT2D eigenvalue weighted by Crippen LogP contribution is 2.59. The summed E-state index contributed by atoms with van der Waals surface area (Å²) < 4.78 is 0. The van der Waals surface area contributed by atoms with Gasteiger partial charge >= 0.3 is 0 Å². The third-order valence-corrected chi connectivity index (χ3v) is 29.9. The van der Waals surface area contributed by atoms with Crippen molar-refractivity contribution in [1.29, 1.82) is 0 Å². The summed E-state index contributed by atoms with van der Waals surface area (Å²) in [5, 5.41) is 0. The first-order chi connectivity index (χ1) is 63.5. The van der Waals surface area contributed by atoms with E-state index in [9.17, 15) is 0 Å². The second-order valence-electron chi connectivity index (χ2n) is 40.5. The molecule has 0 atom stereocenters. The van der Waals surface area contributed by atoms with Gasteiger partial charge in [-0.25, -0.2) is 0 Å². The van der Waals surface area contributed by atoms with Crippen LogP contribution in [0, 0.1) is 41.5 Å². The molecule has 0 aromatic heterocycles. The van der Waals surface area contributed by atoms with E-state index >= 15 is 0 Å². The number of fused-ring (bicyclic) bond motifs is 18. The third kappa shape index (κ3) is 15.3. The molecule has 132 heavy (non-hydrogen) atoms. The predicted octanol–water partition coefficient (Wildman–Crippen LogP) is 35.8. The molecule has 0 saturated heterocycles. The van der Waals surface area contributed by atoms with E-state index in [4.69, 9.17) is 0 Å². The molecule has 0 saturated carbocycles. The number of hydrogen-bond donors (Lipinski definition) is 0. The molecule has 0 nitrogen and oxygen atoms in total. The molecule has 0 radical (unpaired) electrons. The van der Waals surface area contributed by atoms with Crippen LogP contribution in [0.3, 0.4) is 0 Å². The van der Waals surface area contributed by atoms with E-state index in [2.05, 4.69) is 525 Å². The fraction of sp³-hybridized carbons (Fsp3) is 0.182. The Balaban J connectivity index is 0.000000102. The first-order valence-corrected chi connectivity index (χ1v) is 47.4. The summed E-state index contributed by atoms with van der Waals surface area (Å²) in [5.74, 6) is 0. The van der Waals surface area contributed by atoms with Gasteiger partial charge in [-0.1, -0.05) is 488 Å². The minimum Gasteiger partial charge on any atom is -0.0622 e. The van der Waals surface area contributed by atoms with Crippen molar-refractivity contribution in [3.63, 3.8) is 0 Å². The third-order valence-electron chi connectivity index (χ3n) is 29.9. The second kappa shape index (κ2) is 34.4. The van der Waals surface area contributed by atoms with Crippen LogP contribution in [-0.4, -0.2) is 0 Å². The zero-order valence-electron chi connectivity index (χ0n) is 80.1. The summed E-state index contributed by atoms with van der Waals surface area (Å²) in [5.41, 5.74) is 58.4. The fourth-order valence-electron chi connectivity index (χ4n) is 22.9. The summed E-state index contributed by atoms with van der Waals surface area (Å²) in [4.78, 5) is 0. The van der Waals surface area contributed by atoms with Gasteiger partial charge in [0.1, 0.15) is 0 Å². The Labute approximate surface area is 785 Å². The smallest absolute Gasteiger partial charge is 0.0165 e. The minimum absolute atomic E-state index is 0.0448. The van der Waals surface area contributed by atoms with Crippen LogP contribution in [0.1, 0.15) is 183 Å². The van der Waals surface area contributed by atoms with Gasteiger partial charge in [0.25, 0.3) is 0 Å². The lowest BCUT2D eigenvalue weighted by Crippen LogP contribution is -2.16. The maximum atomic E-state index is 2.38. The molecule has 24 rings (SSSR count). The quantitative estimate of drug-likeness (QED) is 0.156. The van der Waals surface area contributed by atoms with Crippen LogP contribution < -0.4 is 0 Å². The van der Waals surface area contributed by atoms with Gasteiger partial charge in [0.15, 0.2) is 0 Å². The Kier molecular flexibility index (Phi) is 22.7. The molecule has 0 unspecified atom stereocenters. The summed E-state index contributed by atoms with van der Waals surface area (Å²) in [6.45, 7) is 41.2. The van der Waals surface area contributed by atoms with E-state index in [0.29, 0.717) is 0 Å². The topological polar surface area (TPSA) is 0 Å². The molecular weight excluding hydrogens is 1590 g/mol. The summed E-state index contributed by atoms with van der Waals surface area (Å²) in [7, 11) is 0. The molecule has 0 spiro atoms. The number of hydrogen-bond acceptors (Lipinski definition) is 0. The lowest BCUT2D eigenvalue weighted by Gasteiger charge is -2.25. The monoisotopic (exact) mass is 1700 g/mol. The Hall–Kier alpha value is -14.0. The maximum Gasteiger partial charge on any atom is 0.0165 e. The number of rotatable bonds is 6. The van der Waals surface area contributed by atoms with Crippen molar-refractivity contribution in [3.8, 4) is 134 Å². The lowest BCUT2D eigenvalue weighted by atomic mass is 9.78. The normalized spacial score (nSPS) is 14.5. The highest BCUT2D eigenvalue weighted by molar-refractivity contribution is 5.97. The van der Waals surface area contributed by atoms with Gasteiger partial charge in [-0.15, -0.1) is 0 Å². The minimum atomic E-state index is 0.0448. The van der Waals surface area contributed by atoms with Crippen LogP contribution in [0.4, 0.5) is 0 Å². The van der Waals surface area contributed by atoms with E-state index in [1.165, 1.54) is 234 Å². The summed E-state index contributed by atoms with van der Waals surface area (Å²) in [6, 6.07) is 146. The van der Waals surface area contributed by atoms with Gasteiger partial charge in [-0.3, -0.25) is 0 Å². The molecule has 0 fully saturated rings. The van der Waals surface area contributed by atoms with E-state index < -0.39 is 0 Å². The summed E-state index contributed by atoms with van der Waals surface area (Å²) >= 11 is 0. The Morgan fingerprint density at radius 2 is 0.417 bits per heavy atom. The van der Waals surface area contributed by atoms with Crippen molar-refractivity contribution in [1.82, 2.24) is 0 Å². The number of benzene rings is 18. The fourth-order valence-corrected chi connectivity index (χ4v) is 22.9. The van der Waals surface area contributed by atoms with Gasteiger partial charge in [0, 0.05) is 32.5 Å². The lowest BCUT2D eigenvalue weighted by molar-refractivity contribution is 0.656. The van der Waals surface area contributed by atoms with Gasteiger partial charge in [-0.05, 0) is 271 Å². The SMILES string of the molecule is Cc1ccc(-c2ccc3c(c2)-c2ccccc2C3(C)C)cc1.Cc1ccc(-c2cccc3c2-c2ccccc2C3(C)C)cc1.Cc1ccc(-c2cccc3c2C(C)(C)c2ccccc2-3)cc1.Cc1ccc(-c2ccccc2)c2c1-c1ccccc1C2(C)C.Cc1ccc(-c2ccccc2)c2c1C(C)(C)c1ccccc1-2.Cc1cccc2c1-c1ccc(-c3ccccc3)cc1C2(C)C. The molecule has 18 aromatic rings. The van der Waals surface area contributed by atoms with Gasteiger partial charge in [0.2, 0.25) is 0 Å². The standard InChI is InChI=1S/6C22H20/c1-15-11-13-16(14-12-15)17-8-6-9-19-18-7-4-5-10-20(18)22(2,3)21(17)19;1-15-11-13-16(14-12-15)17-8-6-10-20-21(17)18-7-4-5-9-19(18)22(20,2)3;1-15-8-7-11-19-21(15)18-13-12-17(14-20(18)22(19,2)3)16-9-5-4-6-10-16;1-15-13-14-17(16-9-5-4-6-10-16)20-18-11-7-8-12-19(18)22(2,3)21(15)20;1-15-13-14-17(16-9-5-4-6-10-16)21-20(15)18-11-7-8-12-19(18)22(21,2)3;1-15-8-10-16(11-9-15)17-12-13-21-19(14-17)18-6-4-5-7-20(18)22(21,2)3/h6*4-14H,1-3H3. The van der Waals surface area contributed by atoms with Crippen LogP contribution in [0.5, 0.6) is 0 Å². The van der Waals surface area contributed by atoms with E-state index in [0.717, 1.165) is 0 Å². The molecule has 0 heteroatoms. The molecule has 0 amide bonds. The molecule has 648 valence electrons. The Morgan fingerprint density at radius 1 is 0.129 bits per heavy atom. The van der Waals surface area contributed by atoms with Crippen molar-refractivity contribution in [2.24, 2.45) is 0 Å².